The molecule has 2 N–H and O–H groups in total. The van der Waals surface area contributed by atoms with E-state index in [1.165, 1.54) is 11.2 Å². The topological polar surface area (TPSA) is 131 Å². The number of aromatic nitrogens is 2. The SMILES string of the molecule is CN(C(=O)OC(C)(C)C)C1CCC(Oc2ncnc3sc4c(c23)[C@@H](CC(C#N)C(N)=O)CC4)CC1. The normalized spacial score (nSPS) is 22.8. The summed E-state index contributed by atoms with van der Waals surface area (Å²) in [6.07, 6.45) is 6.63. The molecule has 0 bridgehead atoms. The van der Waals surface area contributed by atoms with E-state index in [-0.39, 0.29) is 24.2 Å². The largest absolute Gasteiger partial charge is 0.474 e. The fraction of sp³-hybridized carbons (Fsp3) is 0.640. The van der Waals surface area contributed by atoms with Gasteiger partial charge in [-0.25, -0.2) is 14.8 Å². The molecule has 2 amide bonds. The van der Waals surface area contributed by atoms with Gasteiger partial charge in [0.15, 0.2) is 0 Å². The Morgan fingerprint density at radius 1 is 1.26 bits per heavy atom. The molecule has 0 aliphatic heterocycles. The summed E-state index contributed by atoms with van der Waals surface area (Å²) in [6.45, 7) is 5.60. The van der Waals surface area contributed by atoms with Crippen LogP contribution in [0.3, 0.4) is 0 Å². The lowest BCUT2D eigenvalue weighted by Gasteiger charge is -2.35. The Balaban J connectivity index is 1.46. The first-order valence-electron chi connectivity index (χ1n) is 12.1. The molecule has 35 heavy (non-hydrogen) atoms. The predicted octanol–water partition coefficient (Wildman–Crippen LogP) is 4.29. The molecule has 4 rings (SSSR count). The Morgan fingerprint density at radius 3 is 2.60 bits per heavy atom. The molecular weight excluding hydrogens is 466 g/mol. The minimum absolute atomic E-state index is 0.00994. The van der Waals surface area contributed by atoms with E-state index in [1.54, 1.807) is 23.3 Å². The van der Waals surface area contributed by atoms with Crippen molar-refractivity contribution in [3.63, 3.8) is 0 Å². The third kappa shape index (κ3) is 5.50. The van der Waals surface area contributed by atoms with Crippen molar-refractivity contribution in [2.45, 2.75) is 89.4 Å². The van der Waals surface area contributed by atoms with Crippen LogP contribution in [0.1, 0.15) is 75.7 Å². The van der Waals surface area contributed by atoms with Crippen molar-refractivity contribution >= 4 is 33.6 Å². The Morgan fingerprint density at radius 2 is 1.97 bits per heavy atom. The average molecular weight is 500 g/mol. The predicted molar refractivity (Wildman–Crippen MR) is 132 cm³/mol. The van der Waals surface area contributed by atoms with Crippen molar-refractivity contribution in [3.05, 3.63) is 16.8 Å². The third-order valence-corrected chi connectivity index (χ3v) is 8.04. The molecule has 0 saturated heterocycles. The average Bonchev–Trinajstić information content (AvgIpc) is 3.35. The Labute approximate surface area is 209 Å². The molecule has 2 aromatic heterocycles. The Hall–Kier alpha value is -2.93. The zero-order valence-electron chi connectivity index (χ0n) is 20.7. The maximum Gasteiger partial charge on any atom is 0.410 e. The maximum atomic E-state index is 12.4. The number of thiophene rings is 1. The van der Waals surface area contributed by atoms with E-state index in [4.69, 9.17) is 15.2 Å². The van der Waals surface area contributed by atoms with E-state index in [1.807, 2.05) is 26.8 Å². The van der Waals surface area contributed by atoms with Crippen molar-refractivity contribution in [2.24, 2.45) is 11.7 Å². The number of carbonyl (C=O) groups is 2. The summed E-state index contributed by atoms with van der Waals surface area (Å²) in [5.41, 5.74) is 6.02. The van der Waals surface area contributed by atoms with Crippen molar-refractivity contribution in [3.8, 4) is 11.9 Å². The molecule has 2 aliphatic rings. The second-order valence-corrected chi connectivity index (χ2v) is 11.6. The number of hydrogen-bond acceptors (Lipinski definition) is 8. The molecule has 0 spiro atoms. The summed E-state index contributed by atoms with van der Waals surface area (Å²) in [7, 11) is 1.79. The fourth-order valence-corrected chi connectivity index (χ4v) is 6.30. The van der Waals surface area contributed by atoms with Crippen LogP contribution in [-0.2, 0) is 16.0 Å². The van der Waals surface area contributed by atoms with E-state index in [0.29, 0.717) is 12.3 Å². The second-order valence-electron chi connectivity index (χ2n) is 10.5. The van der Waals surface area contributed by atoms with Crippen LogP contribution in [0.15, 0.2) is 6.33 Å². The van der Waals surface area contributed by atoms with E-state index < -0.39 is 17.4 Å². The zero-order valence-corrected chi connectivity index (χ0v) is 21.6. The van der Waals surface area contributed by atoms with Crippen LogP contribution in [0.4, 0.5) is 4.79 Å². The lowest BCUT2D eigenvalue weighted by molar-refractivity contribution is -0.120. The van der Waals surface area contributed by atoms with Crippen molar-refractivity contribution < 1.29 is 19.1 Å². The summed E-state index contributed by atoms with van der Waals surface area (Å²) in [4.78, 5) is 36.8. The summed E-state index contributed by atoms with van der Waals surface area (Å²) in [5, 5.41) is 10.3. The number of ether oxygens (including phenoxy) is 2. The van der Waals surface area contributed by atoms with Gasteiger partial charge >= 0.3 is 6.09 Å². The minimum Gasteiger partial charge on any atom is -0.474 e. The van der Waals surface area contributed by atoms with E-state index in [9.17, 15) is 14.9 Å². The first-order valence-corrected chi connectivity index (χ1v) is 13.0. The number of primary amides is 1. The van der Waals surface area contributed by atoms with E-state index in [0.717, 1.165) is 54.3 Å². The molecule has 2 heterocycles. The fourth-order valence-electron chi connectivity index (χ4n) is 5.07. The number of hydrogen-bond donors (Lipinski definition) is 1. The summed E-state index contributed by atoms with van der Waals surface area (Å²) in [5.74, 6) is -0.771. The molecule has 1 unspecified atom stereocenters. The number of fused-ring (bicyclic) bond motifs is 3. The van der Waals surface area contributed by atoms with Crippen LogP contribution in [0.5, 0.6) is 5.88 Å². The number of rotatable bonds is 6. The van der Waals surface area contributed by atoms with Gasteiger partial charge in [0.1, 0.15) is 28.8 Å². The number of aryl methyl sites for hydroxylation is 1. The highest BCUT2D eigenvalue weighted by Gasteiger charge is 2.34. The van der Waals surface area contributed by atoms with Crippen LogP contribution in [0, 0.1) is 17.2 Å². The van der Waals surface area contributed by atoms with E-state index in [2.05, 4.69) is 9.97 Å². The lowest BCUT2D eigenvalue weighted by Crippen LogP contribution is -2.43. The van der Waals surface area contributed by atoms with Crippen molar-refractivity contribution in [1.29, 1.82) is 5.26 Å². The molecule has 2 atom stereocenters. The second kappa shape index (κ2) is 9.97. The number of carbonyl (C=O) groups excluding carboxylic acids is 2. The molecule has 1 saturated carbocycles. The van der Waals surface area contributed by atoms with Crippen LogP contribution in [0.25, 0.3) is 10.2 Å². The van der Waals surface area contributed by atoms with Gasteiger partial charge in [0.05, 0.1) is 11.5 Å². The van der Waals surface area contributed by atoms with Gasteiger partial charge < -0.3 is 20.1 Å². The van der Waals surface area contributed by atoms with Gasteiger partial charge in [-0.1, -0.05) is 0 Å². The number of nitriles is 1. The maximum absolute atomic E-state index is 12.4. The lowest BCUT2D eigenvalue weighted by atomic mass is 9.90. The Kier molecular flexibility index (Phi) is 7.17. The van der Waals surface area contributed by atoms with Gasteiger partial charge in [0.2, 0.25) is 11.8 Å². The van der Waals surface area contributed by atoms with Crippen molar-refractivity contribution in [2.75, 3.05) is 7.05 Å². The zero-order chi connectivity index (χ0) is 25.3. The van der Waals surface area contributed by atoms with Crippen LogP contribution in [0.2, 0.25) is 0 Å². The highest BCUT2D eigenvalue weighted by molar-refractivity contribution is 7.19. The molecule has 1 fully saturated rings. The molecular formula is C25H33N5O4S. The van der Waals surface area contributed by atoms with Crippen LogP contribution < -0.4 is 10.5 Å². The third-order valence-electron chi connectivity index (χ3n) is 6.87. The Bertz CT molecular complexity index is 1140. The van der Waals surface area contributed by atoms with Gasteiger partial charge in [-0.2, -0.15) is 5.26 Å². The highest BCUT2D eigenvalue weighted by Crippen LogP contribution is 2.48. The molecule has 0 aromatic carbocycles. The first-order chi connectivity index (χ1) is 16.6. The molecule has 2 aromatic rings. The van der Waals surface area contributed by atoms with Gasteiger partial charge in [-0.05, 0) is 77.2 Å². The van der Waals surface area contributed by atoms with Gasteiger partial charge in [0, 0.05) is 18.0 Å². The quantitative estimate of drug-likeness (QED) is 0.627. The molecule has 10 heteroatoms. The highest BCUT2D eigenvalue weighted by atomic mass is 32.1. The standard InChI is InChI=1S/C25H33N5O4S/c1-25(2,3)34-24(32)30(4)16-6-8-17(9-7-16)33-22-20-19-14(11-15(12-26)21(27)31)5-10-18(19)35-23(20)29-13-28-22/h13-17H,5-11H2,1-4H3,(H2,27,31)/t14-,15?,16?,17?/m1/s1. The monoisotopic (exact) mass is 499 g/mol. The van der Waals surface area contributed by atoms with Gasteiger partial charge in [-0.3, -0.25) is 4.79 Å². The number of nitrogens with zero attached hydrogens (tertiary/aromatic N) is 4. The molecule has 0 radical (unpaired) electrons. The van der Waals surface area contributed by atoms with Gasteiger partial charge in [0.25, 0.3) is 0 Å². The summed E-state index contributed by atoms with van der Waals surface area (Å²) >= 11 is 1.63. The van der Waals surface area contributed by atoms with Gasteiger partial charge in [-0.15, -0.1) is 11.3 Å². The van der Waals surface area contributed by atoms with Crippen molar-refractivity contribution in [1.82, 2.24) is 14.9 Å². The first kappa shape index (κ1) is 25.2. The smallest absolute Gasteiger partial charge is 0.410 e. The minimum atomic E-state index is -0.813. The summed E-state index contributed by atoms with van der Waals surface area (Å²) < 4.78 is 11.9. The number of nitrogens with two attached hydrogens (primary N) is 1. The van der Waals surface area contributed by atoms with E-state index >= 15 is 0 Å². The van der Waals surface area contributed by atoms with Crippen LogP contribution >= 0.6 is 11.3 Å². The summed E-state index contributed by atoms with van der Waals surface area (Å²) in [6, 6.07) is 2.16. The number of amides is 2. The van der Waals surface area contributed by atoms with Crippen LogP contribution in [-0.4, -0.2) is 51.7 Å². The molecule has 188 valence electrons. The molecule has 9 nitrogen and oxygen atoms in total. The molecule has 2 aliphatic carbocycles.